The molecule has 0 saturated carbocycles. The summed E-state index contributed by atoms with van der Waals surface area (Å²) in [5.74, 6) is -1.32. The Morgan fingerprint density at radius 1 is 0.827 bits per heavy atom. The summed E-state index contributed by atoms with van der Waals surface area (Å²) >= 11 is 1.16. The number of fused-ring (bicyclic) bond motifs is 3. The summed E-state index contributed by atoms with van der Waals surface area (Å²) in [6.07, 6.45) is -0.186. The number of nitrogens with two attached hydrogens (primary N) is 2. The molecule has 0 spiro atoms. The second kappa shape index (κ2) is 17.9. The molecular formula is C38H46F3N7O3S. The zero-order chi connectivity index (χ0) is 37.3. The number of nitrogens with zero attached hydrogens (tertiary/aromatic N) is 1. The van der Waals surface area contributed by atoms with E-state index in [9.17, 15) is 27.6 Å². The van der Waals surface area contributed by atoms with Gasteiger partial charge in [0, 0.05) is 53.4 Å². The number of H-pyrrole nitrogens is 1. The third kappa shape index (κ3) is 9.73. The number of unbranched alkanes of at least 4 members (excludes halogenated alkanes) is 1. The van der Waals surface area contributed by atoms with Crippen molar-refractivity contribution < 1.29 is 27.6 Å². The third-order valence-corrected chi connectivity index (χ3v) is 10.6. The molecule has 1 aliphatic rings. The Hall–Kier alpha value is -4.37. The number of hydrogen-bond acceptors (Lipinski definition) is 7. The summed E-state index contributed by atoms with van der Waals surface area (Å²) in [7, 11) is 1.54. The minimum atomic E-state index is -4.58. The van der Waals surface area contributed by atoms with Gasteiger partial charge in [-0.15, -0.1) is 0 Å². The number of carbonyl (C=O) groups is 3. The fourth-order valence-electron chi connectivity index (χ4n) is 6.36. The number of amides is 3. The van der Waals surface area contributed by atoms with Crippen LogP contribution in [0.4, 0.5) is 13.2 Å². The van der Waals surface area contributed by atoms with Crippen LogP contribution in [0, 0.1) is 0 Å². The molecule has 1 aromatic heterocycles. The zero-order valence-electron chi connectivity index (χ0n) is 29.1. The van der Waals surface area contributed by atoms with Crippen molar-refractivity contribution in [3.8, 4) is 0 Å². The smallest absolute Gasteiger partial charge is 0.361 e. The summed E-state index contributed by atoms with van der Waals surface area (Å²) < 4.78 is 41.8. The minimum absolute atomic E-state index is 0.0794. The summed E-state index contributed by atoms with van der Waals surface area (Å²) in [6, 6.07) is 15.7. The van der Waals surface area contributed by atoms with Crippen molar-refractivity contribution in [3.05, 3.63) is 95.2 Å². The molecule has 0 unspecified atom stereocenters. The topological polar surface area (TPSA) is 158 Å². The standard InChI is InChI=1S/C38H46F3N7O3S/c1-48-32(19-26-23-44-29-11-4-3-10-28(26)29)36(50)46-22-25-15-16-27(38(39,40)41)20-34(25)52-33-14-5-2-9-24(33)21-45-30(13-8-18-43)35(49)47-31(37(48)51)12-6-7-17-42/h2-5,9-11,14-16,20,23,30-32,44-45H,6-8,12-13,17-19,21-22,42-43H2,1H3,(H,46,50)(H,47,49)/t30-,31-,32-/m0/s1. The lowest BCUT2D eigenvalue weighted by molar-refractivity contribution is -0.142. The number of hydrogen-bond donors (Lipinski definition) is 6. The highest BCUT2D eigenvalue weighted by molar-refractivity contribution is 7.99. The minimum Gasteiger partial charge on any atom is -0.361 e. The summed E-state index contributed by atoms with van der Waals surface area (Å²) in [5, 5.41) is 10.1. The molecule has 52 heavy (non-hydrogen) atoms. The average Bonchev–Trinajstić information content (AvgIpc) is 3.54. The van der Waals surface area contributed by atoms with Gasteiger partial charge in [-0.3, -0.25) is 14.4 Å². The van der Waals surface area contributed by atoms with Crippen molar-refractivity contribution in [2.24, 2.45) is 11.5 Å². The number of alkyl halides is 3. The Morgan fingerprint density at radius 3 is 2.31 bits per heavy atom. The maximum atomic E-state index is 14.3. The van der Waals surface area contributed by atoms with Gasteiger partial charge in [0.2, 0.25) is 17.7 Å². The number of aromatic nitrogens is 1. The van der Waals surface area contributed by atoms with Gasteiger partial charge in [-0.1, -0.05) is 54.2 Å². The van der Waals surface area contributed by atoms with E-state index in [2.05, 4.69) is 20.9 Å². The van der Waals surface area contributed by atoms with Crippen molar-refractivity contribution >= 4 is 40.4 Å². The van der Waals surface area contributed by atoms with Crippen molar-refractivity contribution in [3.63, 3.8) is 0 Å². The molecule has 14 heteroatoms. The molecule has 3 amide bonds. The second-order valence-electron chi connectivity index (χ2n) is 13.0. The first-order chi connectivity index (χ1) is 25.0. The Labute approximate surface area is 305 Å². The first kappa shape index (κ1) is 38.9. The van der Waals surface area contributed by atoms with E-state index in [4.69, 9.17) is 11.5 Å². The monoisotopic (exact) mass is 737 g/mol. The molecule has 0 aliphatic carbocycles. The van der Waals surface area contributed by atoms with Crippen LogP contribution in [0.3, 0.4) is 0 Å². The fraction of sp³-hybridized carbons (Fsp3) is 0.395. The van der Waals surface area contributed by atoms with Gasteiger partial charge < -0.3 is 37.3 Å². The molecule has 8 N–H and O–H groups in total. The molecule has 4 aromatic rings. The SMILES string of the molecule is CN1C(=O)[C@H](CCCCN)NC(=O)[C@H](CCCN)NCc2ccccc2Sc2cc(C(F)(F)F)ccc2CNC(=O)[C@@H]1Cc1c[nH]c2ccccc12. The third-order valence-electron chi connectivity index (χ3n) is 9.36. The van der Waals surface area contributed by atoms with E-state index >= 15 is 0 Å². The maximum Gasteiger partial charge on any atom is 0.416 e. The van der Waals surface area contributed by atoms with Gasteiger partial charge >= 0.3 is 6.18 Å². The number of benzene rings is 3. The molecular weight excluding hydrogens is 692 g/mol. The largest absolute Gasteiger partial charge is 0.416 e. The van der Waals surface area contributed by atoms with Gasteiger partial charge in [0.15, 0.2) is 0 Å². The van der Waals surface area contributed by atoms with Crippen LogP contribution in [0.25, 0.3) is 10.9 Å². The van der Waals surface area contributed by atoms with Crippen LogP contribution in [0.1, 0.15) is 54.4 Å². The maximum absolute atomic E-state index is 14.3. The van der Waals surface area contributed by atoms with Crippen LogP contribution in [0.5, 0.6) is 0 Å². The molecule has 0 bridgehead atoms. The Bertz CT molecular complexity index is 1850. The average molecular weight is 738 g/mol. The van der Waals surface area contributed by atoms with Crippen molar-refractivity contribution in [2.75, 3.05) is 20.1 Å². The van der Waals surface area contributed by atoms with Crippen LogP contribution in [0.2, 0.25) is 0 Å². The molecule has 1 aliphatic heterocycles. The Morgan fingerprint density at radius 2 is 1.54 bits per heavy atom. The predicted molar refractivity (Wildman–Crippen MR) is 196 cm³/mol. The zero-order valence-corrected chi connectivity index (χ0v) is 29.9. The highest BCUT2D eigenvalue weighted by Crippen LogP contribution is 2.38. The summed E-state index contributed by atoms with van der Waals surface area (Å²) in [6.45, 7) is 0.919. The number of nitrogens with one attached hydrogen (secondary N) is 4. The van der Waals surface area contributed by atoms with Gasteiger partial charge in [0.05, 0.1) is 11.6 Å². The Balaban J connectivity index is 1.58. The molecule has 3 atom stereocenters. The molecule has 0 fully saturated rings. The van der Waals surface area contributed by atoms with Crippen LogP contribution in [-0.2, 0) is 40.1 Å². The van der Waals surface area contributed by atoms with Gasteiger partial charge in [0.25, 0.3) is 0 Å². The Kier molecular flexibility index (Phi) is 13.4. The van der Waals surface area contributed by atoms with Crippen LogP contribution >= 0.6 is 11.8 Å². The highest BCUT2D eigenvalue weighted by Gasteiger charge is 2.35. The van der Waals surface area contributed by atoms with Crippen molar-refractivity contribution in [1.82, 2.24) is 25.8 Å². The number of carbonyl (C=O) groups excluding carboxylic acids is 3. The highest BCUT2D eigenvalue weighted by atomic mass is 32.2. The normalized spacial score (nSPS) is 19.5. The van der Waals surface area contributed by atoms with E-state index in [1.165, 1.54) is 18.0 Å². The van der Waals surface area contributed by atoms with Gasteiger partial charge in [0.1, 0.15) is 12.1 Å². The molecule has 278 valence electrons. The van der Waals surface area contributed by atoms with Crippen molar-refractivity contribution in [2.45, 2.75) is 85.7 Å². The van der Waals surface area contributed by atoms with Crippen LogP contribution < -0.4 is 27.4 Å². The summed E-state index contributed by atoms with van der Waals surface area (Å²) in [5.41, 5.74) is 13.7. The van der Waals surface area contributed by atoms with E-state index < -0.39 is 41.7 Å². The van der Waals surface area contributed by atoms with Crippen LogP contribution in [-0.4, -0.2) is 65.9 Å². The van der Waals surface area contributed by atoms with Crippen LogP contribution in [0.15, 0.2) is 82.7 Å². The lowest BCUT2D eigenvalue weighted by atomic mass is 10.0. The van der Waals surface area contributed by atoms with E-state index in [-0.39, 0.29) is 25.4 Å². The molecule has 0 radical (unpaired) electrons. The predicted octanol–water partition coefficient (Wildman–Crippen LogP) is 4.85. The second-order valence-corrected chi connectivity index (χ2v) is 14.1. The quantitative estimate of drug-likeness (QED) is 0.134. The number of likely N-dealkylation sites (N-methyl/N-ethyl adjacent to an activating group) is 1. The summed E-state index contributed by atoms with van der Waals surface area (Å²) in [4.78, 5) is 48.0. The van der Waals surface area contributed by atoms with Gasteiger partial charge in [-0.05, 0) is 86.1 Å². The van der Waals surface area contributed by atoms with E-state index in [0.29, 0.717) is 60.5 Å². The molecule has 5 rings (SSSR count). The number of para-hydroxylation sites is 1. The van der Waals surface area contributed by atoms with Gasteiger partial charge in [-0.2, -0.15) is 13.2 Å². The number of aromatic amines is 1. The fourth-order valence-corrected chi connectivity index (χ4v) is 7.47. The molecule has 3 aromatic carbocycles. The molecule has 0 saturated heterocycles. The lowest BCUT2D eigenvalue weighted by Crippen LogP contribution is -2.57. The number of halogens is 3. The van der Waals surface area contributed by atoms with E-state index in [1.54, 1.807) is 12.3 Å². The molecule has 2 heterocycles. The van der Waals surface area contributed by atoms with E-state index in [0.717, 1.165) is 45.9 Å². The first-order valence-corrected chi connectivity index (χ1v) is 18.3. The lowest BCUT2D eigenvalue weighted by Gasteiger charge is -2.32. The van der Waals surface area contributed by atoms with Gasteiger partial charge in [-0.25, -0.2) is 0 Å². The number of rotatable bonds is 9. The van der Waals surface area contributed by atoms with E-state index in [1.807, 2.05) is 42.5 Å². The molecule has 10 nitrogen and oxygen atoms in total. The van der Waals surface area contributed by atoms with Crippen molar-refractivity contribution in [1.29, 1.82) is 0 Å². The first-order valence-electron chi connectivity index (χ1n) is 17.5.